The first-order valence-corrected chi connectivity index (χ1v) is 8.03. The highest BCUT2D eigenvalue weighted by Gasteiger charge is 2.24. The lowest BCUT2D eigenvalue weighted by molar-refractivity contribution is -0.121. The highest BCUT2D eigenvalue weighted by Crippen LogP contribution is 2.19. The van der Waals surface area contributed by atoms with Crippen molar-refractivity contribution in [2.75, 3.05) is 20.1 Å². The average Bonchev–Trinajstić information content (AvgIpc) is 2.35. The molecule has 0 spiro atoms. The van der Waals surface area contributed by atoms with E-state index in [2.05, 4.69) is 5.32 Å². The maximum atomic E-state index is 12.4. The molecule has 0 atom stereocenters. The summed E-state index contributed by atoms with van der Waals surface area (Å²) < 4.78 is 25.9. The fourth-order valence-electron chi connectivity index (χ4n) is 1.86. The molecule has 6 heteroatoms. The fourth-order valence-corrected chi connectivity index (χ4v) is 3.19. The minimum absolute atomic E-state index is 0.171. The van der Waals surface area contributed by atoms with Gasteiger partial charge in [-0.1, -0.05) is 24.6 Å². The molecule has 0 saturated heterocycles. The molecule has 1 N–H and O–H groups in total. The maximum absolute atomic E-state index is 12.4. The third-order valence-electron chi connectivity index (χ3n) is 2.96. The number of sulfonamides is 1. The molecule has 0 aliphatic carbocycles. The first kappa shape index (κ1) is 16.7. The summed E-state index contributed by atoms with van der Waals surface area (Å²) in [7, 11) is -2.22. The highest BCUT2D eigenvalue weighted by molar-refractivity contribution is 7.89. The molecule has 0 unspecified atom stereocenters. The smallest absolute Gasteiger partial charge is 0.243 e. The number of nitrogens with one attached hydrogen (secondary N) is 1. The predicted molar refractivity (Wildman–Crippen MR) is 79.0 cm³/mol. The summed E-state index contributed by atoms with van der Waals surface area (Å²) in [5, 5.41) is 2.67. The van der Waals surface area contributed by atoms with Crippen LogP contribution in [0.15, 0.2) is 23.1 Å². The van der Waals surface area contributed by atoms with E-state index in [0.29, 0.717) is 12.1 Å². The number of hydrogen-bond donors (Lipinski definition) is 1. The number of likely N-dealkylation sites (N-methyl/N-ethyl adjacent to an activating group) is 1. The van der Waals surface area contributed by atoms with Gasteiger partial charge in [-0.05, 0) is 31.9 Å². The van der Waals surface area contributed by atoms with Crippen LogP contribution in [-0.2, 0) is 14.8 Å². The van der Waals surface area contributed by atoms with Crippen molar-refractivity contribution in [2.45, 2.75) is 32.1 Å². The van der Waals surface area contributed by atoms with Crippen molar-refractivity contribution in [1.82, 2.24) is 9.62 Å². The molecule has 0 aliphatic rings. The summed E-state index contributed by atoms with van der Waals surface area (Å²) in [5.41, 5.74) is 1.69. The van der Waals surface area contributed by atoms with Crippen molar-refractivity contribution in [3.05, 3.63) is 29.3 Å². The Morgan fingerprint density at radius 2 is 1.95 bits per heavy atom. The van der Waals surface area contributed by atoms with Gasteiger partial charge in [-0.2, -0.15) is 4.31 Å². The van der Waals surface area contributed by atoms with Gasteiger partial charge < -0.3 is 5.32 Å². The Morgan fingerprint density at radius 3 is 2.50 bits per heavy atom. The Morgan fingerprint density at radius 1 is 1.30 bits per heavy atom. The Labute approximate surface area is 121 Å². The third-order valence-corrected chi connectivity index (χ3v) is 4.92. The van der Waals surface area contributed by atoms with Crippen LogP contribution in [-0.4, -0.2) is 38.8 Å². The van der Waals surface area contributed by atoms with Crippen LogP contribution >= 0.6 is 0 Å². The molecule has 112 valence electrons. The molecule has 0 aromatic heterocycles. The van der Waals surface area contributed by atoms with Gasteiger partial charge in [0.15, 0.2) is 0 Å². The van der Waals surface area contributed by atoms with Crippen molar-refractivity contribution in [1.29, 1.82) is 0 Å². The van der Waals surface area contributed by atoms with Gasteiger partial charge in [-0.15, -0.1) is 0 Å². The Balaban J connectivity index is 2.90. The molecule has 20 heavy (non-hydrogen) atoms. The van der Waals surface area contributed by atoms with Gasteiger partial charge in [0.1, 0.15) is 0 Å². The molecule has 0 bridgehead atoms. The number of carbonyl (C=O) groups is 1. The maximum Gasteiger partial charge on any atom is 0.243 e. The van der Waals surface area contributed by atoms with Crippen molar-refractivity contribution in [3.63, 3.8) is 0 Å². The lowest BCUT2D eigenvalue weighted by atomic mass is 10.2. The summed E-state index contributed by atoms with van der Waals surface area (Å²) in [6.45, 7) is 5.98. The van der Waals surface area contributed by atoms with Gasteiger partial charge >= 0.3 is 0 Å². The van der Waals surface area contributed by atoms with Gasteiger partial charge in [0.25, 0.3) is 0 Å². The minimum Gasteiger partial charge on any atom is -0.355 e. The van der Waals surface area contributed by atoms with E-state index in [1.54, 1.807) is 19.1 Å². The van der Waals surface area contributed by atoms with Crippen LogP contribution in [0.1, 0.15) is 24.5 Å². The predicted octanol–water partition coefficient (Wildman–Crippen LogP) is 1.45. The monoisotopic (exact) mass is 298 g/mol. The minimum atomic E-state index is -3.63. The summed E-state index contributed by atoms with van der Waals surface area (Å²) in [4.78, 5) is 11.9. The molecule has 0 aliphatic heterocycles. The first-order valence-electron chi connectivity index (χ1n) is 6.59. The second-order valence-corrected chi connectivity index (χ2v) is 6.89. The second-order valence-electron chi connectivity index (χ2n) is 4.88. The standard InChI is InChI=1S/C14H22N2O3S/c1-5-8-15-14(17)10-16(4)20(18,19)13-7-6-11(2)9-12(13)3/h6-7,9H,5,8,10H2,1-4H3,(H,15,17). The van der Waals surface area contributed by atoms with E-state index in [9.17, 15) is 13.2 Å². The number of rotatable bonds is 6. The van der Waals surface area contributed by atoms with E-state index < -0.39 is 10.0 Å². The molecular weight excluding hydrogens is 276 g/mol. The highest BCUT2D eigenvalue weighted by atomic mass is 32.2. The molecular formula is C14H22N2O3S. The molecule has 5 nitrogen and oxygen atoms in total. The van der Waals surface area contributed by atoms with Gasteiger partial charge in [-0.3, -0.25) is 4.79 Å². The molecule has 1 rings (SSSR count). The zero-order chi connectivity index (χ0) is 15.3. The second kappa shape index (κ2) is 6.85. The van der Waals surface area contributed by atoms with Gasteiger partial charge in [-0.25, -0.2) is 8.42 Å². The van der Waals surface area contributed by atoms with Crippen LogP contribution in [0.2, 0.25) is 0 Å². The Kier molecular flexibility index (Phi) is 5.71. The van der Waals surface area contributed by atoms with E-state index in [1.165, 1.54) is 7.05 Å². The van der Waals surface area contributed by atoms with Crippen LogP contribution in [0.3, 0.4) is 0 Å². The van der Waals surface area contributed by atoms with Crippen molar-refractivity contribution in [2.24, 2.45) is 0 Å². The van der Waals surface area contributed by atoms with Gasteiger partial charge in [0.2, 0.25) is 15.9 Å². The van der Waals surface area contributed by atoms with E-state index in [4.69, 9.17) is 0 Å². The summed E-state index contributed by atoms with van der Waals surface area (Å²) >= 11 is 0. The molecule has 0 fully saturated rings. The number of carbonyl (C=O) groups excluding carboxylic acids is 1. The summed E-state index contributed by atoms with van der Waals surface area (Å²) in [6, 6.07) is 5.16. The van der Waals surface area contributed by atoms with E-state index in [0.717, 1.165) is 16.3 Å². The number of hydrogen-bond acceptors (Lipinski definition) is 3. The molecule has 1 aromatic carbocycles. The van der Waals surface area contributed by atoms with Gasteiger partial charge in [0, 0.05) is 13.6 Å². The number of nitrogens with zero attached hydrogens (tertiary/aromatic N) is 1. The SMILES string of the molecule is CCCNC(=O)CN(C)S(=O)(=O)c1ccc(C)cc1C. The van der Waals surface area contributed by atoms with Crippen molar-refractivity contribution in [3.8, 4) is 0 Å². The van der Waals surface area contributed by atoms with Crippen LogP contribution in [0, 0.1) is 13.8 Å². The van der Waals surface area contributed by atoms with E-state index >= 15 is 0 Å². The van der Waals surface area contributed by atoms with E-state index in [-0.39, 0.29) is 17.3 Å². The van der Waals surface area contributed by atoms with Crippen molar-refractivity contribution >= 4 is 15.9 Å². The lowest BCUT2D eigenvalue weighted by Crippen LogP contribution is -2.38. The largest absolute Gasteiger partial charge is 0.355 e. The number of benzene rings is 1. The van der Waals surface area contributed by atoms with E-state index in [1.807, 2.05) is 19.9 Å². The quantitative estimate of drug-likeness (QED) is 0.864. The Hall–Kier alpha value is -1.40. The first-order chi connectivity index (χ1) is 9.28. The number of aryl methyl sites for hydroxylation is 2. The van der Waals surface area contributed by atoms with Crippen LogP contribution in [0.25, 0.3) is 0 Å². The Bertz CT molecular complexity index is 582. The summed E-state index contributed by atoms with van der Waals surface area (Å²) in [6.07, 6.45) is 0.819. The van der Waals surface area contributed by atoms with Gasteiger partial charge in [0.05, 0.1) is 11.4 Å². The lowest BCUT2D eigenvalue weighted by Gasteiger charge is -2.18. The molecule has 0 heterocycles. The average molecular weight is 298 g/mol. The normalized spacial score (nSPS) is 11.7. The molecule has 1 aromatic rings. The summed E-state index contributed by atoms with van der Waals surface area (Å²) in [5.74, 6) is -0.289. The molecule has 0 saturated carbocycles. The van der Waals surface area contributed by atoms with Crippen LogP contribution in [0.5, 0.6) is 0 Å². The third kappa shape index (κ3) is 4.05. The molecule has 0 radical (unpaired) electrons. The van der Waals surface area contributed by atoms with Crippen molar-refractivity contribution < 1.29 is 13.2 Å². The zero-order valence-corrected chi connectivity index (χ0v) is 13.3. The van der Waals surface area contributed by atoms with Crippen LogP contribution in [0.4, 0.5) is 0 Å². The van der Waals surface area contributed by atoms with Crippen LogP contribution < -0.4 is 5.32 Å². The fraction of sp³-hybridized carbons (Fsp3) is 0.500. The topological polar surface area (TPSA) is 66.5 Å². The zero-order valence-electron chi connectivity index (χ0n) is 12.4. The number of amides is 1. The molecule has 1 amide bonds.